The minimum atomic E-state index is -0.820. The van der Waals surface area contributed by atoms with Gasteiger partial charge in [0, 0.05) is 22.4 Å². The number of hydrogen-bond donors (Lipinski definition) is 2. The Morgan fingerprint density at radius 3 is 2.50 bits per heavy atom. The maximum absolute atomic E-state index is 14.5. The Hall–Kier alpha value is -1.95. The quantitative estimate of drug-likeness (QED) is 0.499. The molecular formula is C32H46N2O4. The van der Waals surface area contributed by atoms with Gasteiger partial charge in [0.1, 0.15) is 5.76 Å². The highest BCUT2D eigenvalue weighted by molar-refractivity contribution is 5.95. The molecule has 0 aliphatic heterocycles. The molecular weight excluding hydrogens is 476 g/mol. The lowest BCUT2D eigenvalue weighted by Gasteiger charge is -2.69. The number of nitrogens with zero attached hydrogens (tertiary/aromatic N) is 1. The molecule has 1 heterocycles. The van der Waals surface area contributed by atoms with Crippen LogP contribution in [0.25, 0.3) is 0 Å². The van der Waals surface area contributed by atoms with Crippen LogP contribution in [0.4, 0.5) is 0 Å². The lowest BCUT2D eigenvalue weighted by atomic mass is 9.34. The van der Waals surface area contributed by atoms with E-state index in [2.05, 4.69) is 65.0 Å². The molecule has 3 saturated carbocycles. The number of hydrogen-bond acceptors (Lipinski definition) is 5. The van der Waals surface area contributed by atoms with Gasteiger partial charge in [0.15, 0.2) is 5.78 Å². The fourth-order valence-electron chi connectivity index (χ4n) is 10.9. The number of fused-ring (bicyclic) bond motifs is 8. The molecule has 0 radical (unpaired) electrons. The summed E-state index contributed by atoms with van der Waals surface area (Å²) in [5.74, 6) is 0.917. The molecule has 0 spiro atoms. The molecule has 5 aliphatic carbocycles. The summed E-state index contributed by atoms with van der Waals surface area (Å²) in [5, 5.41) is 17.3. The average Bonchev–Trinajstić information content (AvgIpc) is 3.28. The van der Waals surface area contributed by atoms with Crippen LogP contribution in [0.3, 0.4) is 0 Å². The summed E-state index contributed by atoms with van der Waals surface area (Å²) < 4.78 is 5.80. The van der Waals surface area contributed by atoms with Crippen molar-refractivity contribution in [3.05, 3.63) is 29.2 Å². The van der Waals surface area contributed by atoms with Gasteiger partial charge in [-0.15, -0.1) is 0 Å². The average molecular weight is 523 g/mol. The third-order valence-corrected chi connectivity index (χ3v) is 12.9. The summed E-state index contributed by atoms with van der Waals surface area (Å²) in [6, 6.07) is 0. The number of allylic oxidation sites excluding steroid dienone is 2. The SMILES string of the molecule is CC1(C)CC[C@]2(NCC(=O)O)CC[C@]3(C)[C@H](C(=O)C=C4[C@@]5(C)Cc6cnoc6C(C)(C)C5CC[C@]43C)C2C1. The first-order valence-corrected chi connectivity index (χ1v) is 14.8. The zero-order valence-electron chi connectivity index (χ0n) is 24.4. The van der Waals surface area contributed by atoms with Gasteiger partial charge in [-0.05, 0) is 90.9 Å². The lowest BCUT2D eigenvalue weighted by molar-refractivity contribution is -0.162. The summed E-state index contributed by atoms with van der Waals surface area (Å²) in [7, 11) is 0. The minimum Gasteiger partial charge on any atom is -0.480 e. The molecule has 2 N–H and O–H groups in total. The van der Waals surface area contributed by atoms with Crippen LogP contribution < -0.4 is 5.32 Å². The Bertz CT molecular complexity index is 1230. The molecule has 6 nitrogen and oxygen atoms in total. The number of carbonyl (C=O) groups is 2. The van der Waals surface area contributed by atoms with E-state index in [1.807, 2.05) is 6.20 Å². The standard InChI is InChI=1S/C32H46N2O4/c1-27(2)10-12-32(33-18-24(36)37)13-11-31(7)25(20(32)16-27)21(35)14-23-29(5)15-19-17-34-38-26(19)28(3,4)22(29)8-9-30(23,31)6/h14,17,20,22,25,33H,8-13,15-16,18H2,1-7H3,(H,36,37)/t20?,22?,25-,29-,30+,31+,32-/m0/s1. The van der Waals surface area contributed by atoms with Gasteiger partial charge in [-0.1, -0.05) is 59.2 Å². The van der Waals surface area contributed by atoms with Gasteiger partial charge >= 0.3 is 5.97 Å². The molecule has 3 fully saturated rings. The van der Waals surface area contributed by atoms with Crippen LogP contribution in [-0.2, 0) is 21.4 Å². The molecule has 7 atom stereocenters. The fourth-order valence-corrected chi connectivity index (χ4v) is 10.9. The highest BCUT2D eigenvalue weighted by Gasteiger charge is 2.70. The topological polar surface area (TPSA) is 92.4 Å². The molecule has 5 aliphatic rings. The Morgan fingerprint density at radius 1 is 1.08 bits per heavy atom. The molecule has 208 valence electrons. The first kappa shape index (κ1) is 26.3. The maximum atomic E-state index is 14.5. The largest absolute Gasteiger partial charge is 0.480 e. The molecule has 0 bridgehead atoms. The predicted octanol–water partition coefficient (Wildman–Crippen LogP) is 6.10. The smallest absolute Gasteiger partial charge is 0.317 e. The second-order valence-electron chi connectivity index (χ2n) is 15.7. The van der Waals surface area contributed by atoms with E-state index in [1.54, 1.807) is 0 Å². The van der Waals surface area contributed by atoms with E-state index in [0.29, 0.717) is 5.92 Å². The van der Waals surface area contributed by atoms with Crippen molar-refractivity contribution in [1.29, 1.82) is 0 Å². The summed E-state index contributed by atoms with van der Waals surface area (Å²) in [6.45, 7) is 16.5. The van der Waals surface area contributed by atoms with E-state index in [-0.39, 0.29) is 56.8 Å². The summed E-state index contributed by atoms with van der Waals surface area (Å²) >= 11 is 0. The van der Waals surface area contributed by atoms with Crippen molar-refractivity contribution in [1.82, 2.24) is 10.5 Å². The molecule has 1 aromatic heterocycles. The Balaban J connectivity index is 1.47. The lowest BCUT2D eigenvalue weighted by Crippen LogP contribution is -2.69. The third-order valence-electron chi connectivity index (χ3n) is 12.9. The summed E-state index contributed by atoms with van der Waals surface area (Å²) in [5.41, 5.74) is 1.90. The van der Waals surface area contributed by atoms with E-state index in [9.17, 15) is 14.7 Å². The van der Waals surface area contributed by atoms with E-state index in [1.165, 1.54) is 11.1 Å². The molecule has 2 unspecified atom stereocenters. The normalized spacial score (nSPS) is 44.6. The van der Waals surface area contributed by atoms with E-state index in [0.717, 1.165) is 57.1 Å². The van der Waals surface area contributed by atoms with Crippen LogP contribution in [0.5, 0.6) is 0 Å². The van der Waals surface area contributed by atoms with Crippen molar-refractivity contribution in [3.63, 3.8) is 0 Å². The monoisotopic (exact) mass is 522 g/mol. The van der Waals surface area contributed by atoms with Gasteiger partial charge in [0.2, 0.25) is 0 Å². The van der Waals surface area contributed by atoms with Crippen molar-refractivity contribution in [2.45, 2.75) is 111 Å². The molecule has 1 aromatic rings. The molecule has 0 aromatic carbocycles. The van der Waals surface area contributed by atoms with Crippen molar-refractivity contribution in [2.75, 3.05) is 6.54 Å². The van der Waals surface area contributed by atoms with Crippen LogP contribution in [-0.4, -0.2) is 34.1 Å². The number of aromatic nitrogens is 1. The van der Waals surface area contributed by atoms with Gasteiger partial charge in [-0.2, -0.15) is 0 Å². The highest BCUT2D eigenvalue weighted by atomic mass is 16.5. The second kappa shape index (κ2) is 7.83. The fraction of sp³-hybridized carbons (Fsp3) is 0.781. The van der Waals surface area contributed by atoms with Crippen molar-refractivity contribution >= 4 is 11.8 Å². The zero-order valence-corrected chi connectivity index (χ0v) is 24.4. The number of rotatable bonds is 3. The van der Waals surface area contributed by atoms with Crippen LogP contribution in [0.1, 0.15) is 105 Å². The molecule has 6 heteroatoms. The zero-order chi connectivity index (χ0) is 27.5. The maximum Gasteiger partial charge on any atom is 0.317 e. The first-order valence-electron chi connectivity index (χ1n) is 14.8. The Labute approximate surface area is 227 Å². The van der Waals surface area contributed by atoms with Crippen LogP contribution in [0.2, 0.25) is 0 Å². The van der Waals surface area contributed by atoms with E-state index in [4.69, 9.17) is 4.52 Å². The van der Waals surface area contributed by atoms with Crippen LogP contribution in [0, 0.1) is 39.4 Å². The molecule has 38 heavy (non-hydrogen) atoms. The van der Waals surface area contributed by atoms with Crippen molar-refractivity contribution < 1.29 is 19.2 Å². The number of carboxylic acids is 1. The van der Waals surface area contributed by atoms with E-state index >= 15 is 0 Å². The second-order valence-corrected chi connectivity index (χ2v) is 15.7. The number of ketones is 1. The van der Waals surface area contributed by atoms with Gasteiger partial charge < -0.3 is 14.9 Å². The first-order chi connectivity index (χ1) is 17.6. The number of carboxylic acid groups (broad SMARTS) is 1. The summed E-state index contributed by atoms with van der Waals surface area (Å²) in [6.07, 6.45) is 11.9. The van der Waals surface area contributed by atoms with E-state index < -0.39 is 5.97 Å². The minimum absolute atomic E-state index is 0.0389. The molecule has 0 saturated heterocycles. The number of aliphatic carboxylic acids is 1. The van der Waals surface area contributed by atoms with Crippen molar-refractivity contribution in [3.8, 4) is 0 Å². The summed E-state index contributed by atoms with van der Waals surface area (Å²) in [4.78, 5) is 26.1. The Kier molecular flexibility index (Phi) is 5.41. The third kappa shape index (κ3) is 3.25. The van der Waals surface area contributed by atoms with Gasteiger partial charge in [0.25, 0.3) is 0 Å². The highest BCUT2D eigenvalue weighted by Crippen LogP contribution is 2.73. The molecule has 6 rings (SSSR count). The van der Waals surface area contributed by atoms with Crippen molar-refractivity contribution in [2.24, 2.45) is 39.4 Å². The number of carbonyl (C=O) groups excluding carboxylic acids is 1. The van der Waals surface area contributed by atoms with Crippen LogP contribution in [0.15, 0.2) is 22.4 Å². The van der Waals surface area contributed by atoms with Gasteiger partial charge in [-0.25, -0.2) is 0 Å². The Morgan fingerprint density at radius 2 is 1.79 bits per heavy atom. The van der Waals surface area contributed by atoms with Gasteiger partial charge in [0.05, 0.1) is 12.7 Å². The molecule has 0 amide bonds. The van der Waals surface area contributed by atoms with Crippen LogP contribution >= 0.6 is 0 Å². The predicted molar refractivity (Wildman–Crippen MR) is 146 cm³/mol. The van der Waals surface area contributed by atoms with Gasteiger partial charge in [-0.3, -0.25) is 9.59 Å². The number of nitrogens with one attached hydrogen (secondary N) is 1.